The molecule has 1 aliphatic rings. The Kier molecular flexibility index (Phi) is 7.51. The first-order valence-electron chi connectivity index (χ1n) is 10.7. The van der Waals surface area contributed by atoms with Crippen molar-refractivity contribution in [2.45, 2.75) is 28.8 Å². The molecule has 0 spiro atoms. The van der Waals surface area contributed by atoms with Crippen LogP contribution in [0.4, 0.5) is 17.5 Å². The summed E-state index contributed by atoms with van der Waals surface area (Å²) in [5.74, 6) is 2.26. The maximum absolute atomic E-state index is 12.2. The fourth-order valence-corrected chi connectivity index (χ4v) is 5.48. The number of H-pyrrole nitrogens is 1. The highest BCUT2D eigenvalue weighted by molar-refractivity contribution is 7.99. The van der Waals surface area contributed by atoms with Gasteiger partial charge >= 0.3 is 0 Å². The molecule has 3 N–H and O–H groups in total. The fourth-order valence-electron chi connectivity index (χ4n) is 3.45. The van der Waals surface area contributed by atoms with Crippen molar-refractivity contribution in [1.29, 1.82) is 0 Å². The highest BCUT2D eigenvalue weighted by Gasteiger charge is 2.24. The minimum absolute atomic E-state index is 0.00710. The van der Waals surface area contributed by atoms with Crippen LogP contribution in [0.1, 0.15) is 12.6 Å². The molecule has 0 atom stereocenters. The predicted octanol–water partition coefficient (Wildman–Crippen LogP) is 3.27. The van der Waals surface area contributed by atoms with E-state index in [-0.39, 0.29) is 10.6 Å². The first-order valence-corrected chi connectivity index (χ1v) is 13.6. The van der Waals surface area contributed by atoms with E-state index >= 15 is 0 Å². The zero-order valence-corrected chi connectivity index (χ0v) is 21.4. The van der Waals surface area contributed by atoms with Gasteiger partial charge in [0.15, 0.2) is 32.4 Å². The van der Waals surface area contributed by atoms with Gasteiger partial charge in [0.1, 0.15) is 0 Å². The van der Waals surface area contributed by atoms with Crippen LogP contribution in [-0.2, 0) is 9.84 Å². The third-order valence-electron chi connectivity index (χ3n) is 5.24. The van der Waals surface area contributed by atoms with Gasteiger partial charge in [-0.3, -0.25) is 5.10 Å². The minimum Gasteiger partial charge on any atom is -0.490 e. The third-order valence-corrected chi connectivity index (χ3v) is 8.34. The van der Waals surface area contributed by atoms with Gasteiger partial charge in [-0.25, -0.2) is 18.4 Å². The zero-order chi connectivity index (χ0) is 24.3. The molecule has 1 aliphatic heterocycles. The molecule has 0 unspecified atom stereocenters. The topological polar surface area (TPSA) is 125 Å². The molecule has 0 bridgehead atoms. The molecule has 34 heavy (non-hydrogen) atoms. The molecule has 1 aromatic carbocycles. The van der Waals surface area contributed by atoms with Crippen molar-refractivity contribution in [3.05, 3.63) is 35.0 Å². The highest BCUT2D eigenvalue weighted by atomic mass is 35.5. The lowest BCUT2D eigenvalue weighted by Crippen LogP contribution is -2.44. The van der Waals surface area contributed by atoms with Crippen LogP contribution >= 0.6 is 23.4 Å². The Hall–Kier alpha value is -2.54. The summed E-state index contributed by atoms with van der Waals surface area (Å²) >= 11 is 7.70. The van der Waals surface area contributed by atoms with Crippen LogP contribution < -0.4 is 20.3 Å². The molecular formula is C21H26ClN7O3S2. The monoisotopic (exact) mass is 523 g/mol. The fraction of sp³-hybridized carbons (Fsp3) is 0.381. The number of aromatic nitrogens is 4. The second-order valence-corrected chi connectivity index (χ2v) is 11.3. The number of nitrogens with zero attached hydrogens (tertiary/aromatic N) is 4. The molecule has 13 heteroatoms. The average molecular weight is 524 g/mol. The summed E-state index contributed by atoms with van der Waals surface area (Å²) in [4.78, 5) is 12.4. The second kappa shape index (κ2) is 10.4. The maximum Gasteiger partial charge on any atom is 0.204 e. The highest BCUT2D eigenvalue weighted by Crippen LogP contribution is 2.40. The second-order valence-electron chi connectivity index (χ2n) is 7.61. The van der Waals surface area contributed by atoms with Crippen molar-refractivity contribution in [1.82, 2.24) is 25.5 Å². The van der Waals surface area contributed by atoms with Gasteiger partial charge in [-0.2, -0.15) is 5.10 Å². The molecule has 0 aliphatic carbocycles. The summed E-state index contributed by atoms with van der Waals surface area (Å²) in [6.07, 6.45) is 0. The van der Waals surface area contributed by atoms with Crippen LogP contribution in [0.25, 0.3) is 0 Å². The lowest BCUT2D eigenvalue weighted by molar-refractivity contribution is 0.409. The van der Waals surface area contributed by atoms with Crippen molar-refractivity contribution in [3.63, 3.8) is 0 Å². The Morgan fingerprint density at radius 3 is 2.62 bits per heavy atom. The Labute approximate surface area is 207 Å². The predicted molar refractivity (Wildman–Crippen MR) is 134 cm³/mol. The standard InChI is InChI=1S/C21H26ClN7O3S2/c1-4-34(30,31)14-5-6-16(15(22)12-14)33-21-25-19(24-17-11-13(2)27-28-17)18(32-3)20(26-21)29-9-7-23-8-10-29/h5-6,11-12,23H,4,7-10H2,1-3H3,(H2,24,25,26,27,28). The number of methoxy groups -OCH3 is 1. The van der Waals surface area contributed by atoms with Gasteiger partial charge in [0, 0.05) is 42.8 Å². The molecule has 0 saturated carbocycles. The van der Waals surface area contributed by atoms with Crippen LogP contribution in [0.2, 0.25) is 5.02 Å². The van der Waals surface area contributed by atoms with E-state index in [0.717, 1.165) is 31.9 Å². The van der Waals surface area contributed by atoms with Crippen molar-refractivity contribution >= 4 is 50.7 Å². The molecule has 4 rings (SSSR count). The summed E-state index contributed by atoms with van der Waals surface area (Å²) in [7, 11) is -1.77. The number of rotatable bonds is 8. The molecular weight excluding hydrogens is 498 g/mol. The van der Waals surface area contributed by atoms with Crippen molar-refractivity contribution < 1.29 is 13.2 Å². The number of anilines is 3. The van der Waals surface area contributed by atoms with Crippen LogP contribution in [0, 0.1) is 6.92 Å². The van der Waals surface area contributed by atoms with Crippen molar-refractivity contribution in [2.24, 2.45) is 0 Å². The van der Waals surface area contributed by atoms with Crippen LogP contribution in [-0.4, -0.2) is 67.6 Å². The van der Waals surface area contributed by atoms with Crippen molar-refractivity contribution in [3.8, 4) is 5.75 Å². The summed E-state index contributed by atoms with van der Waals surface area (Å²) < 4.78 is 30.1. The number of piperazine rings is 1. The van der Waals surface area contributed by atoms with E-state index in [1.165, 1.54) is 17.8 Å². The number of aromatic amines is 1. The Morgan fingerprint density at radius 1 is 1.24 bits per heavy atom. The maximum atomic E-state index is 12.2. The molecule has 0 radical (unpaired) electrons. The zero-order valence-electron chi connectivity index (χ0n) is 19.1. The van der Waals surface area contributed by atoms with E-state index in [9.17, 15) is 8.42 Å². The average Bonchev–Trinajstić information content (AvgIpc) is 3.25. The number of nitrogens with one attached hydrogen (secondary N) is 3. The van der Waals surface area contributed by atoms with Gasteiger partial charge in [0.25, 0.3) is 0 Å². The molecule has 3 heterocycles. The third kappa shape index (κ3) is 5.40. The molecule has 10 nitrogen and oxygen atoms in total. The molecule has 3 aromatic rings. The van der Waals surface area contributed by atoms with Crippen molar-refractivity contribution in [2.75, 3.05) is 49.3 Å². The normalized spacial score (nSPS) is 14.3. The SMILES string of the molecule is CCS(=O)(=O)c1ccc(Sc2nc(Nc3cc(C)[nH]n3)c(OC)c(N3CCNCC3)n2)c(Cl)c1. The molecule has 2 aromatic heterocycles. The molecule has 182 valence electrons. The van der Waals surface area contributed by atoms with Gasteiger partial charge in [-0.15, -0.1) is 0 Å². The van der Waals surface area contributed by atoms with E-state index in [0.29, 0.717) is 38.3 Å². The number of ether oxygens (including phenoxy) is 1. The van der Waals surface area contributed by atoms with Crippen LogP contribution in [0.5, 0.6) is 5.75 Å². The summed E-state index contributed by atoms with van der Waals surface area (Å²) in [5.41, 5.74) is 0.904. The van der Waals surface area contributed by atoms with E-state index in [1.807, 2.05) is 13.0 Å². The molecule has 1 fully saturated rings. The summed E-state index contributed by atoms with van der Waals surface area (Å²) in [6.45, 7) is 6.70. The van der Waals surface area contributed by atoms with E-state index in [1.54, 1.807) is 26.2 Å². The van der Waals surface area contributed by atoms with E-state index in [4.69, 9.17) is 21.3 Å². The van der Waals surface area contributed by atoms with Gasteiger partial charge in [0.05, 0.1) is 22.8 Å². The molecule has 1 saturated heterocycles. The van der Waals surface area contributed by atoms with E-state index in [2.05, 4.69) is 30.7 Å². The minimum atomic E-state index is -3.35. The molecule has 0 amide bonds. The lowest BCUT2D eigenvalue weighted by atomic mass is 10.3. The number of sulfone groups is 1. The van der Waals surface area contributed by atoms with Gasteiger partial charge in [0.2, 0.25) is 5.75 Å². The first kappa shape index (κ1) is 24.6. The summed E-state index contributed by atoms with van der Waals surface area (Å²) in [5, 5.41) is 14.4. The Balaban J connectivity index is 1.73. The largest absolute Gasteiger partial charge is 0.490 e. The van der Waals surface area contributed by atoms with Gasteiger partial charge in [-0.05, 0) is 36.9 Å². The number of halogens is 1. The summed E-state index contributed by atoms with van der Waals surface area (Å²) in [6, 6.07) is 6.56. The quantitative estimate of drug-likeness (QED) is 0.379. The number of hydrogen-bond donors (Lipinski definition) is 3. The van der Waals surface area contributed by atoms with Crippen LogP contribution in [0.3, 0.4) is 0 Å². The van der Waals surface area contributed by atoms with E-state index < -0.39 is 9.84 Å². The number of benzene rings is 1. The number of aryl methyl sites for hydroxylation is 1. The van der Waals surface area contributed by atoms with Crippen LogP contribution in [0.15, 0.2) is 39.2 Å². The number of hydrogen-bond acceptors (Lipinski definition) is 10. The smallest absolute Gasteiger partial charge is 0.204 e. The first-order chi connectivity index (χ1) is 16.3. The van der Waals surface area contributed by atoms with Gasteiger partial charge in [-0.1, -0.05) is 18.5 Å². The Bertz CT molecular complexity index is 1280. The lowest BCUT2D eigenvalue weighted by Gasteiger charge is -2.30. The Morgan fingerprint density at radius 2 is 2.00 bits per heavy atom. The van der Waals surface area contributed by atoms with Gasteiger partial charge < -0.3 is 20.3 Å².